The van der Waals surface area contributed by atoms with Crippen LogP contribution in [-0.2, 0) is 30.1 Å². The van der Waals surface area contributed by atoms with Crippen LogP contribution in [0.25, 0.3) is 0 Å². The van der Waals surface area contributed by atoms with Gasteiger partial charge in [0.05, 0.1) is 24.4 Å². The van der Waals surface area contributed by atoms with Crippen LogP contribution in [0.4, 0.5) is 23.7 Å². The van der Waals surface area contributed by atoms with Gasteiger partial charge in [-0.3, -0.25) is 14.4 Å². The lowest BCUT2D eigenvalue weighted by Crippen LogP contribution is -2.48. The van der Waals surface area contributed by atoms with Crippen LogP contribution in [0.3, 0.4) is 0 Å². The molecule has 0 heterocycles. The number of halogens is 4. The lowest BCUT2D eigenvalue weighted by atomic mass is 10.1. The molecule has 0 aliphatic rings. The number of carbonyl (C=O) groups is 5. The Bertz CT molecular complexity index is 1100. The molecule has 0 aromatic heterocycles. The van der Waals surface area contributed by atoms with Crippen LogP contribution < -0.4 is 27.0 Å². The normalized spacial score (nSPS) is 11.6. The monoisotopic (exact) mass is 649 g/mol. The summed E-state index contributed by atoms with van der Waals surface area (Å²) in [6, 6.07) is 1.35. The highest BCUT2D eigenvalue weighted by Crippen LogP contribution is 2.35. The molecule has 0 saturated carbocycles. The summed E-state index contributed by atoms with van der Waals surface area (Å²) in [5.41, 5.74) is 4.13. The molecule has 41 heavy (non-hydrogen) atoms. The number of carbonyl (C=O) groups excluding carboxylic acids is 5. The Kier molecular flexibility index (Phi) is 15.5. The van der Waals surface area contributed by atoms with Crippen molar-refractivity contribution in [2.45, 2.75) is 57.7 Å². The number of aryl methyl sites for hydroxylation is 1. The predicted octanol–water partition coefficient (Wildman–Crippen LogP) is 3.06. The highest BCUT2D eigenvalue weighted by Gasteiger charge is 2.34. The highest BCUT2D eigenvalue weighted by atomic mass is 79.9. The maximum atomic E-state index is 13.5. The Morgan fingerprint density at radius 3 is 2.39 bits per heavy atom. The maximum absolute atomic E-state index is 13.5. The van der Waals surface area contributed by atoms with Crippen LogP contribution in [0.2, 0.25) is 0 Å². The molecule has 15 heteroatoms. The summed E-state index contributed by atoms with van der Waals surface area (Å²) in [5, 5.41) is 9.67. The Labute approximate surface area is 244 Å². The molecule has 5 amide bonds. The highest BCUT2D eigenvalue weighted by molar-refractivity contribution is 9.09. The second-order valence-electron chi connectivity index (χ2n) is 9.05. The molecule has 0 fully saturated rings. The molecular formula is C26H35BrF3N5O6. The lowest BCUT2D eigenvalue weighted by Gasteiger charge is -2.21. The summed E-state index contributed by atoms with van der Waals surface area (Å²) in [6.45, 7) is 4.80. The SMILES string of the molecule is C=C(CBr)C(=O)OCCCCCC(=O)NCC(=O)NC(CCCNC(N)=O)C(=O)Nc1ccc(C)cc1C(F)(F)F. The number of ether oxygens (including phenoxy) is 1. The van der Waals surface area contributed by atoms with Crippen LogP contribution in [0.5, 0.6) is 0 Å². The van der Waals surface area contributed by atoms with Crippen molar-refractivity contribution in [2.75, 3.05) is 30.3 Å². The molecule has 0 spiro atoms. The smallest absolute Gasteiger partial charge is 0.418 e. The number of hydrogen-bond acceptors (Lipinski definition) is 6. The zero-order valence-corrected chi connectivity index (χ0v) is 24.2. The largest absolute Gasteiger partial charge is 0.462 e. The quantitative estimate of drug-likeness (QED) is 0.0752. The van der Waals surface area contributed by atoms with E-state index < -0.39 is 59.7 Å². The summed E-state index contributed by atoms with van der Waals surface area (Å²) < 4.78 is 45.4. The molecule has 1 atom stereocenters. The van der Waals surface area contributed by atoms with Gasteiger partial charge in [0.2, 0.25) is 17.7 Å². The first-order valence-electron chi connectivity index (χ1n) is 12.7. The number of nitrogens with two attached hydrogens (primary N) is 1. The zero-order chi connectivity index (χ0) is 31.0. The van der Waals surface area contributed by atoms with Gasteiger partial charge >= 0.3 is 18.2 Å². The van der Waals surface area contributed by atoms with Crippen molar-refractivity contribution in [1.82, 2.24) is 16.0 Å². The minimum atomic E-state index is -4.73. The molecule has 0 aliphatic carbocycles. The number of urea groups is 1. The molecule has 6 N–H and O–H groups in total. The van der Waals surface area contributed by atoms with Gasteiger partial charge in [-0.25, -0.2) is 9.59 Å². The van der Waals surface area contributed by atoms with Crippen molar-refractivity contribution in [3.63, 3.8) is 0 Å². The van der Waals surface area contributed by atoms with Gasteiger partial charge < -0.3 is 31.7 Å². The van der Waals surface area contributed by atoms with E-state index in [1.54, 1.807) is 0 Å². The van der Waals surface area contributed by atoms with E-state index in [2.05, 4.69) is 43.8 Å². The van der Waals surface area contributed by atoms with E-state index in [1.807, 2.05) is 0 Å². The van der Waals surface area contributed by atoms with Crippen LogP contribution in [-0.4, -0.2) is 60.8 Å². The number of nitrogens with one attached hydrogen (secondary N) is 4. The van der Waals surface area contributed by atoms with E-state index in [0.717, 1.165) is 12.1 Å². The van der Waals surface area contributed by atoms with E-state index in [9.17, 15) is 37.1 Å². The van der Waals surface area contributed by atoms with Gasteiger partial charge in [-0.15, -0.1) is 0 Å². The topological polar surface area (TPSA) is 169 Å². The number of hydrogen-bond donors (Lipinski definition) is 5. The maximum Gasteiger partial charge on any atom is 0.418 e. The second-order valence-corrected chi connectivity index (χ2v) is 9.61. The molecule has 0 bridgehead atoms. The van der Waals surface area contributed by atoms with Crippen molar-refractivity contribution in [3.05, 3.63) is 41.5 Å². The molecule has 11 nitrogen and oxygen atoms in total. The van der Waals surface area contributed by atoms with E-state index >= 15 is 0 Å². The molecule has 1 unspecified atom stereocenters. The summed E-state index contributed by atoms with van der Waals surface area (Å²) in [5.74, 6) is -2.56. The number of primary amides is 1. The Morgan fingerprint density at radius 2 is 1.76 bits per heavy atom. The van der Waals surface area contributed by atoms with Gasteiger partial charge in [-0.2, -0.15) is 13.2 Å². The fraction of sp³-hybridized carbons (Fsp3) is 0.500. The van der Waals surface area contributed by atoms with Crippen molar-refractivity contribution < 1.29 is 41.9 Å². The first-order valence-corrected chi connectivity index (χ1v) is 13.9. The molecule has 1 rings (SSSR count). The van der Waals surface area contributed by atoms with Crippen molar-refractivity contribution >= 4 is 51.3 Å². The predicted molar refractivity (Wildman–Crippen MR) is 149 cm³/mol. The standard InChI is InChI=1S/C26H35BrF3N5O6/c1-16-9-10-19(18(13-16)26(28,29)30)35-23(38)20(7-6-11-32-25(31)40)34-22(37)15-33-21(36)8-4-3-5-12-41-24(39)17(2)14-27/h9-10,13,20H,2-8,11-12,14-15H2,1H3,(H,33,36)(H,34,37)(H,35,38)(H3,31,32,40). The fourth-order valence-corrected chi connectivity index (χ4v) is 3.64. The number of alkyl halides is 4. The van der Waals surface area contributed by atoms with Gasteiger partial charge in [0.15, 0.2) is 0 Å². The summed E-state index contributed by atoms with van der Waals surface area (Å²) in [6.07, 6.45) is -2.89. The van der Waals surface area contributed by atoms with Gasteiger partial charge in [0.1, 0.15) is 6.04 Å². The third-order valence-corrected chi connectivity index (χ3v) is 6.21. The van der Waals surface area contributed by atoms with E-state index in [0.29, 0.717) is 35.7 Å². The molecular weight excluding hydrogens is 615 g/mol. The summed E-state index contributed by atoms with van der Waals surface area (Å²) in [4.78, 5) is 59.8. The molecule has 0 aliphatic heterocycles. The number of amides is 5. The minimum Gasteiger partial charge on any atom is -0.462 e. The van der Waals surface area contributed by atoms with E-state index in [1.165, 1.54) is 13.0 Å². The average Bonchev–Trinajstić information content (AvgIpc) is 2.90. The number of anilines is 1. The van der Waals surface area contributed by atoms with Crippen molar-refractivity contribution in [2.24, 2.45) is 5.73 Å². The first-order chi connectivity index (χ1) is 19.2. The van der Waals surface area contributed by atoms with Crippen LogP contribution in [0.15, 0.2) is 30.4 Å². The zero-order valence-electron chi connectivity index (χ0n) is 22.6. The Hall–Kier alpha value is -3.62. The third-order valence-electron chi connectivity index (χ3n) is 5.54. The number of benzene rings is 1. The minimum absolute atomic E-state index is 0.0351. The van der Waals surface area contributed by atoms with Crippen LogP contribution in [0.1, 0.15) is 49.7 Å². The first kappa shape index (κ1) is 35.4. The lowest BCUT2D eigenvalue weighted by molar-refractivity contribution is -0.139. The second kappa shape index (κ2) is 17.9. The summed E-state index contributed by atoms with van der Waals surface area (Å²) >= 11 is 3.10. The number of unbranched alkanes of at least 4 members (excludes halogenated alkanes) is 2. The van der Waals surface area contributed by atoms with Crippen LogP contribution in [0, 0.1) is 6.92 Å². The van der Waals surface area contributed by atoms with E-state index in [-0.39, 0.29) is 32.4 Å². The Balaban J connectivity index is 2.63. The molecule has 1 aromatic carbocycles. The molecule has 0 radical (unpaired) electrons. The third kappa shape index (κ3) is 14.5. The van der Waals surface area contributed by atoms with Gasteiger partial charge in [-0.05, 0) is 51.2 Å². The number of esters is 1. The van der Waals surface area contributed by atoms with Gasteiger partial charge in [-0.1, -0.05) is 34.1 Å². The molecule has 228 valence electrons. The average molecular weight is 650 g/mol. The molecule has 1 aromatic rings. The van der Waals surface area contributed by atoms with Crippen molar-refractivity contribution in [1.29, 1.82) is 0 Å². The summed E-state index contributed by atoms with van der Waals surface area (Å²) in [7, 11) is 0. The van der Waals surface area contributed by atoms with Gasteiger partial charge in [0, 0.05) is 23.9 Å². The van der Waals surface area contributed by atoms with Crippen molar-refractivity contribution in [3.8, 4) is 0 Å². The van der Waals surface area contributed by atoms with E-state index in [4.69, 9.17) is 10.5 Å². The Morgan fingerprint density at radius 1 is 1.05 bits per heavy atom. The van der Waals surface area contributed by atoms with Gasteiger partial charge in [0.25, 0.3) is 0 Å². The molecule has 0 saturated heterocycles. The van der Waals surface area contributed by atoms with Crippen LogP contribution >= 0.6 is 15.9 Å². The number of rotatable bonds is 17. The fourth-order valence-electron chi connectivity index (χ4n) is 3.41.